The fourth-order valence-corrected chi connectivity index (χ4v) is 1.89. The fourth-order valence-electron chi connectivity index (χ4n) is 1.12. The number of thioether (sulfide) groups is 1. The molecule has 0 aromatic carbocycles. The van der Waals surface area contributed by atoms with Crippen molar-refractivity contribution in [1.82, 2.24) is 4.98 Å². The Morgan fingerprint density at radius 3 is 2.74 bits per heavy atom. The van der Waals surface area contributed by atoms with E-state index in [0.717, 1.165) is 23.9 Å². The van der Waals surface area contributed by atoms with Crippen LogP contribution in [-0.4, -0.2) is 23.3 Å². The molecule has 0 spiro atoms. The predicted molar refractivity (Wildman–Crippen MR) is 61.3 cm³/mol. The maximum absolute atomic E-state index is 12.5. The molecule has 0 fully saturated rings. The van der Waals surface area contributed by atoms with E-state index in [9.17, 15) is 18.0 Å². The van der Waals surface area contributed by atoms with Crippen molar-refractivity contribution in [2.24, 2.45) is 0 Å². The fraction of sp³-hybridized carbons (Fsp3) is 0.364. The number of esters is 1. The number of hydrogen-bond acceptors (Lipinski definition) is 5. The molecular weight excluding hydrogens is 281 g/mol. The molecule has 0 aliphatic rings. The van der Waals surface area contributed by atoms with Crippen molar-refractivity contribution in [3.8, 4) is 6.07 Å². The van der Waals surface area contributed by atoms with Crippen LogP contribution in [0.4, 0.5) is 13.2 Å². The number of nitrogens with zero attached hydrogens (tertiary/aromatic N) is 2. The Hall–Kier alpha value is -1.75. The van der Waals surface area contributed by atoms with Crippen molar-refractivity contribution < 1.29 is 22.7 Å². The zero-order valence-corrected chi connectivity index (χ0v) is 10.6. The molecule has 0 N–H and O–H groups in total. The van der Waals surface area contributed by atoms with Gasteiger partial charge in [0.05, 0.1) is 17.9 Å². The van der Waals surface area contributed by atoms with Gasteiger partial charge in [-0.1, -0.05) is 11.8 Å². The van der Waals surface area contributed by atoms with Crippen LogP contribution >= 0.6 is 11.8 Å². The summed E-state index contributed by atoms with van der Waals surface area (Å²) >= 11 is 0.742. The summed E-state index contributed by atoms with van der Waals surface area (Å²) in [6.07, 6.45) is -4.59. The second-order valence-electron chi connectivity index (χ2n) is 3.25. The first-order valence-corrected chi connectivity index (χ1v) is 6.13. The average Bonchev–Trinajstić information content (AvgIpc) is 2.35. The van der Waals surface area contributed by atoms with Crippen LogP contribution in [0.2, 0.25) is 0 Å². The van der Waals surface area contributed by atoms with E-state index in [2.05, 4.69) is 9.72 Å². The normalized spacial score (nSPS) is 10.9. The minimum atomic E-state index is -4.59. The van der Waals surface area contributed by atoms with E-state index in [-0.39, 0.29) is 22.9 Å². The van der Waals surface area contributed by atoms with Crippen LogP contribution in [0.5, 0.6) is 0 Å². The second kappa shape index (κ2) is 6.43. The smallest absolute Gasteiger partial charge is 0.433 e. The molecule has 1 aromatic rings. The number of alkyl halides is 3. The molecule has 0 bridgehead atoms. The van der Waals surface area contributed by atoms with Crippen LogP contribution in [0.3, 0.4) is 0 Å². The van der Waals surface area contributed by atoms with E-state index in [0.29, 0.717) is 0 Å². The summed E-state index contributed by atoms with van der Waals surface area (Å²) in [6.45, 7) is 1.80. The van der Waals surface area contributed by atoms with Crippen molar-refractivity contribution in [2.75, 3.05) is 12.4 Å². The SMILES string of the molecule is CCOC(=O)CSc1nc(C(F)(F)F)ccc1C#N. The Morgan fingerprint density at radius 2 is 2.21 bits per heavy atom. The van der Waals surface area contributed by atoms with Crippen LogP contribution in [-0.2, 0) is 15.7 Å². The Morgan fingerprint density at radius 1 is 1.53 bits per heavy atom. The van der Waals surface area contributed by atoms with E-state index in [1.807, 2.05) is 0 Å². The summed E-state index contributed by atoms with van der Waals surface area (Å²) in [5, 5.41) is 8.65. The number of ether oxygens (including phenoxy) is 1. The van der Waals surface area contributed by atoms with Gasteiger partial charge in [-0.05, 0) is 19.1 Å². The molecule has 8 heteroatoms. The molecule has 4 nitrogen and oxygen atoms in total. The maximum Gasteiger partial charge on any atom is 0.433 e. The lowest BCUT2D eigenvalue weighted by molar-refractivity contribution is -0.141. The molecule has 1 heterocycles. The molecule has 0 aliphatic carbocycles. The Bertz CT molecular complexity index is 512. The highest BCUT2D eigenvalue weighted by Crippen LogP contribution is 2.30. The number of hydrogen-bond donors (Lipinski definition) is 0. The number of aromatic nitrogens is 1. The molecule has 19 heavy (non-hydrogen) atoms. The molecule has 1 rings (SSSR count). The van der Waals surface area contributed by atoms with Gasteiger partial charge in [-0.15, -0.1) is 0 Å². The highest BCUT2D eigenvalue weighted by atomic mass is 32.2. The molecule has 1 aromatic heterocycles. The minimum Gasteiger partial charge on any atom is -0.465 e. The molecule has 0 unspecified atom stereocenters. The number of rotatable bonds is 4. The lowest BCUT2D eigenvalue weighted by atomic mass is 10.2. The summed E-state index contributed by atoms with van der Waals surface area (Å²) in [5.41, 5.74) is -1.11. The summed E-state index contributed by atoms with van der Waals surface area (Å²) < 4.78 is 42.1. The van der Waals surface area contributed by atoms with Crippen molar-refractivity contribution >= 4 is 17.7 Å². The first kappa shape index (κ1) is 15.3. The van der Waals surface area contributed by atoms with Gasteiger partial charge in [-0.3, -0.25) is 4.79 Å². The highest BCUT2D eigenvalue weighted by molar-refractivity contribution is 7.99. The Balaban J connectivity index is 2.92. The van der Waals surface area contributed by atoms with E-state index >= 15 is 0 Å². The van der Waals surface area contributed by atoms with Gasteiger partial charge in [-0.25, -0.2) is 4.98 Å². The van der Waals surface area contributed by atoms with Crippen LogP contribution in [0.15, 0.2) is 17.2 Å². The zero-order chi connectivity index (χ0) is 14.5. The highest BCUT2D eigenvalue weighted by Gasteiger charge is 2.33. The molecule has 0 radical (unpaired) electrons. The summed E-state index contributed by atoms with van der Waals surface area (Å²) in [4.78, 5) is 14.5. The maximum atomic E-state index is 12.5. The van der Waals surface area contributed by atoms with Gasteiger partial charge in [-0.2, -0.15) is 18.4 Å². The summed E-state index contributed by atoms with van der Waals surface area (Å²) in [7, 11) is 0. The molecule has 0 aliphatic heterocycles. The van der Waals surface area contributed by atoms with E-state index in [1.165, 1.54) is 0 Å². The largest absolute Gasteiger partial charge is 0.465 e. The third kappa shape index (κ3) is 4.44. The Kier molecular flexibility index (Phi) is 5.18. The lowest BCUT2D eigenvalue weighted by Gasteiger charge is -2.08. The van der Waals surface area contributed by atoms with E-state index in [4.69, 9.17) is 5.26 Å². The first-order chi connectivity index (χ1) is 8.88. The van der Waals surface area contributed by atoms with Gasteiger partial charge in [0.25, 0.3) is 0 Å². The van der Waals surface area contributed by atoms with Crippen LogP contribution in [0.1, 0.15) is 18.2 Å². The van der Waals surface area contributed by atoms with E-state index in [1.54, 1.807) is 13.0 Å². The molecule has 0 amide bonds. The van der Waals surface area contributed by atoms with Crippen molar-refractivity contribution in [2.45, 2.75) is 18.1 Å². The number of pyridine rings is 1. The number of halogens is 3. The minimum absolute atomic E-state index is 0.0118. The van der Waals surface area contributed by atoms with Gasteiger partial charge in [0.15, 0.2) is 0 Å². The van der Waals surface area contributed by atoms with Crippen LogP contribution in [0, 0.1) is 11.3 Å². The topological polar surface area (TPSA) is 63.0 Å². The molecule has 0 saturated carbocycles. The monoisotopic (exact) mass is 290 g/mol. The van der Waals surface area contributed by atoms with E-state index < -0.39 is 17.8 Å². The molecule has 0 saturated heterocycles. The molecule has 102 valence electrons. The van der Waals surface area contributed by atoms with Crippen LogP contribution < -0.4 is 0 Å². The standard InChI is InChI=1S/C11H9F3N2O2S/c1-2-18-9(17)6-19-10-7(5-15)3-4-8(16-10)11(12,13)14/h3-4H,2,6H2,1H3. The van der Waals surface area contributed by atoms with Gasteiger partial charge in [0.1, 0.15) is 16.8 Å². The Labute approximate surface area is 111 Å². The lowest BCUT2D eigenvalue weighted by Crippen LogP contribution is -2.10. The number of nitriles is 1. The second-order valence-corrected chi connectivity index (χ2v) is 4.22. The van der Waals surface area contributed by atoms with Crippen molar-refractivity contribution in [3.63, 3.8) is 0 Å². The zero-order valence-electron chi connectivity index (χ0n) is 9.82. The summed E-state index contributed by atoms with van der Waals surface area (Å²) in [5.74, 6) is -0.771. The van der Waals surface area contributed by atoms with Gasteiger partial charge >= 0.3 is 12.1 Å². The van der Waals surface area contributed by atoms with Crippen molar-refractivity contribution in [3.05, 3.63) is 23.4 Å². The van der Waals surface area contributed by atoms with Gasteiger partial charge < -0.3 is 4.74 Å². The van der Waals surface area contributed by atoms with Crippen LogP contribution in [0.25, 0.3) is 0 Å². The van der Waals surface area contributed by atoms with Gasteiger partial charge in [0, 0.05) is 0 Å². The molecular formula is C11H9F3N2O2S. The molecule has 0 atom stereocenters. The first-order valence-electron chi connectivity index (χ1n) is 5.15. The number of carbonyl (C=O) groups is 1. The number of carbonyl (C=O) groups excluding carboxylic acids is 1. The van der Waals surface area contributed by atoms with Gasteiger partial charge in [0.2, 0.25) is 0 Å². The van der Waals surface area contributed by atoms with Crippen molar-refractivity contribution in [1.29, 1.82) is 5.26 Å². The predicted octanol–water partition coefficient (Wildman–Crippen LogP) is 2.63. The quantitative estimate of drug-likeness (QED) is 0.630. The third-order valence-corrected chi connectivity index (χ3v) is 2.87. The third-order valence-electron chi connectivity index (χ3n) is 1.90. The summed E-state index contributed by atoms with van der Waals surface area (Å²) in [6, 6.07) is 3.49. The average molecular weight is 290 g/mol.